The van der Waals surface area contributed by atoms with Crippen LogP contribution in [0.25, 0.3) is 22.4 Å². The molecular formula is C43H49N9O5. The normalized spacial score (nSPS) is 18.8. The number of imidazole rings is 2. The molecule has 3 unspecified atom stereocenters. The van der Waals surface area contributed by atoms with Gasteiger partial charge in [0, 0.05) is 56.1 Å². The maximum absolute atomic E-state index is 13.7. The molecule has 14 nitrogen and oxygen atoms in total. The number of rotatable bonds is 8. The van der Waals surface area contributed by atoms with Crippen molar-refractivity contribution in [3.8, 4) is 46.1 Å². The standard InChI is InChI=1S/C43H49N9O5/c1-28(2)38(48-42(54)57-4)41(53)51-19-7-11-36(51)40-45-27-35(47-40)31-14-13-29(34(25-31)30-15-17-33(18-16-30)50-23-21-49(3)22-24-50)9-5-6-10-32-26-44-39(46-32)37-12-8-20-52(37)43(55)56/h13-18,25-28,36-38H,7-8,11-12,19-24H2,1-4H3,(H,44,46)(H,45,47)(H,48,54)(H,55,56). The zero-order chi connectivity index (χ0) is 40.1. The number of alkyl carbamates (subject to hydrolysis) is 1. The first-order valence-electron chi connectivity index (χ1n) is 19.5. The average molecular weight is 772 g/mol. The van der Waals surface area contributed by atoms with Gasteiger partial charge in [-0.3, -0.25) is 9.69 Å². The van der Waals surface area contributed by atoms with Gasteiger partial charge in [0.05, 0.1) is 37.3 Å². The molecule has 7 rings (SSSR count). The molecule has 2 aromatic carbocycles. The van der Waals surface area contributed by atoms with Gasteiger partial charge in [-0.1, -0.05) is 38.0 Å². The van der Waals surface area contributed by atoms with Crippen LogP contribution in [-0.4, -0.2) is 117 Å². The summed E-state index contributed by atoms with van der Waals surface area (Å²) in [5, 5.41) is 12.2. The van der Waals surface area contributed by atoms with E-state index in [9.17, 15) is 19.5 Å². The molecule has 3 atom stereocenters. The van der Waals surface area contributed by atoms with E-state index in [2.05, 4.69) is 91.1 Å². The molecule has 3 amide bonds. The SMILES string of the molecule is COC(=O)NC(C(=O)N1CCCC1c1ncc(-c2ccc(C#CC#Cc3cnc(C4CCCN4C(=O)O)[nH]3)c(-c3ccc(N4CCN(C)CC4)cc3)c2)[nH]1)C(C)C. The number of aromatic nitrogens is 4. The second-order valence-electron chi connectivity index (χ2n) is 15.1. The summed E-state index contributed by atoms with van der Waals surface area (Å²) >= 11 is 0. The van der Waals surface area contributed by atoms with Crippen molar-refractivity contribution in [2.75, 3.05) is 58.3 Å². The van der Waals surface area contributed by atoms with Crippen molar-refractivity contribution in [2.24, 2.45) is 5.92 Å². The molecule has 4 aromatic rings. The Bertz CT molecular complexity index is 2220. The number of nitrogens with one attached hydrogen (secondary N) is 3. The number of piperazine rings is 1. The summed E-state index contributed by atoms with van der Waals surface area (Å²) in [6.07, 6.45) is 4.92. The van der Waals surface area contributed by atoms with E-state index in [1.54, 1.807) is 17.3 Å². The van der Waals surface area contributed by atoms with Gasteiger partial charge < -0.3 is 39.8 Å². The molecule has 3 aliphatic rings. The van der Waals surface area contributed by atoms with Crippen molar-refractivity contribution in [1.29, 1.82) is 0 Å². The van der Waals surface area contributed by atoms with Crippen LogP contribution < -0.4 is 10.2 Å². The zero-order valence-electron chi connectivity index (χ0n) is 32.8. The number of carbonyl (C=O) groups is 3. The third-order valence-corrected chi connectivity index (χ3v) is 11.1. The molecule has 4 N–H and O–H groups in total. The Morgan fingerprint density at radius 1 is 0.842 bits per heavy atom. The van der Waals surface area contributed by atoms with Crippen LogP contribution in [-0.2, 0) is 9.53 Å². The fourth-order valence-corrected chi connectivity index (χ4v) is 7.87. The van der Waals surface area contributed by atoms with Crippen LogP contribution in [0.3, 0.4) is 0 Å². The van der Waals surface area contributed by atoms with E-state index >= 15 is 0 Å². The first kappa shape index (κ1) is 39.0. The van der Waals surface area contributed by atoms with Gasteiger partial charge in [0.15, 0.2) is 0 Å². The fraction of sp³-hybridized carbons (Fsp3) is 0.419. The fourth-order valence-electron chi connectivity index (χ4n) is 7.87. The number of anilines is 1. The van der Waals surface area contributed by atoms with Gasteiger partial charge in [-0.2, -0.15) is 0 Å². The number of amides is 3. The first-order valence-corrected chi connectivity index (χ1v) is 19.5. The molecule has 296 valence electrons. The number of likely N-dealkylation sites (tertiary alicyclic amines) is 2. The summed E-state index contributed by atoms with van der Waals surface area (Å²) in [7, 11) is 3.44. The molecule has 0 saturated carbocycles. The molecule has 0 spiro atoms. The predicted octanol–water partition coefficient (Wildman–Crippen LogP) is 5.48. The highest BCUT2D eigenvalue weighted by Gasteiger charge is 2.37. The lowest BCUT2D eigenvalue weighted by molar-refractivity contribution is -0.135. The van der Waals surface area contributed by atoms with Gasteiger partial charge in [-0.05, 0) is 91.8 Å². The molecule has 3 fully saturated rings. The third-order valence-electron chi connectivity index (χ3n) is 11.1. The van der Waals surface area contributed by atoms with Crippen LogP contribution in [0.4, 0.5) is 15.3 Å². The Morgan fingerprint density at radius 2 is 1.49 bits per heavy atom. The zero-order valence-corrected chi connectivity index (χ0v) is 32.8. The Kier molecular flexibility index (Phi) is 11.8. The number of methoxy groups -OCH3 is 1. The number of benzene rings is 2. The van der Waals surface area contributed by atoms with E-state index in [0.717, 1.165) is 79.8 Å². The average Bonchev–Trinajstić information content (AvgIpc) is 4.06. The van der Waals surface area contributed by atoms with Crippen LogP contribution in [0.1, 0.15) is 74.5 Å². The minimum absolute atomic E-state index is 0.126. The largest absolute Gasteiger partial charge is 0.465 e. The van der Waals surface area contributed by atoms with E-state index in [1.807, 2.05) is 26.0 Å². The minimum atomic E-state index is -0.949. The van der Waals surface area contributed by atoms with Crippen molar-refractivity contribution in [2.45, 2.75) is 57.7 Å². The molecule has 57 heavy (non-hydrogen) atoms. The van der Waals surface area contributed by atoms with Crippen molar-refractivity contribution >= 4 is 23.8 Å². The minimum Gasteiger partial charge on any atom is -0.465 e. The van der Waals surface area contributed by atoms with Crippen LogP contribution in [0.15, 0.2) is 54.9 Å². The van der Waals surface area contributed by atoms with Crippen molar-refractivity contribution in [3.63, 3.8) is 0 Å². The maximum Gasteiger partial charge on any atom is 0.407 e. The Morgan fingerprint density at radius 3 is 2.19 bits per heavy atom. The lowest BCUT2D eigenvalue weighted by Gasteiger charge is -2.34. The predicted molar refractivity (Wildman–Crippen MR) is 216 cm³/mol. The molecule has 0 bridgehead atoms. The number of hydrogen-bond donors (Lipinski definition) is 4. The number of carbonyl (C=O) groups excluding carboxylic acids is 2. The molecule has 3 saturated heterocycles. The molecule has 5 heterocycles. The second-order valence-corrected chi connectivity index (χ2v) is 15.1. The first-order chi connectivity index (χ1) is 27.6. The summed E-state index contributed by atoms with van der Waals surface area (Å²) in [5.74, 6) is 13.3. The number of hydrogen-bond acceptors (Lipinski definition) is 8. The number of nitrogens with zero attached hydrogens (tertiary/aromatic N) is 6. The Balaban J connectivity index is 1.15. The molecule has 0 aliphatic carbocycles. The quantitative estimate of drug-likeness (QED) is 0.170. The van der Waals surface area contributed by atoms with Gasteiger partial charge in [-0.25, -0.2) is 19.6 Å². The van der Waals surface area contributed by atoms with Crippen LogP contribution in [0, 0.1) is 29.6 Å². The van der Waals surface area contributed by atoms with Crippen LogP contribution in [0.2, 0.25) is 0 Å². The van der Waals surface area contributed by atoms with Crippen LogP contribution in [0.5, 0.6) is 0 Å². The Hall–Kier alpha value is -6.25. The summed E-state index contributed by atoms with van der Waals surface area (Å²) in [6, 6.07) is 13.4. The third kappa shape index (κ3) is 8.77. The maximum atomic E-state index is 13.7. The van der Waals surface area contributed by atoms with Gasteiger partial charge in [-0.15, -0.1) is 0 Å². The van der Waals surface area contributed by atoms with Gasteiger partial charge in [0.1, 0.15) is 23.4 Å². The molecule has 14 heteroatoms. The molecular weight excluding hydrogens is 723 g/mol. The lowest BCUT2D eigenvalue weighted by atomic mass is 9.96. The number of aromatic amines is 2. The van der Waals surface area contributed by atoms with Crippen molar-refractivity contribution in [3.05, 3.63) is 77.8 Å². The van der Waals surface area contributed by atoms with Gasteiger partial charge in [0.2, 0.25) is 5.91 Å². The van der Waals surface area contributed by atoms with E-state index in [0.29, 0.717) is 30.4 Å². The number of ether oxygens (including phenoxy) is 1. The number of carboxylic acid groups (broad SMARTS) is 1. The number of H-pyrrole nitrogens is 2. The summed E-state index contributed by atoms with van der Waals surface area (Å²) in [4.78, 5) is 61.2. The van der Waals surface area contributed by atoms with E-state index < -0.39 is 18.2 Å². The highest BCUT2D eigenvalue weighted by molar-refractivity contribution is 5.86. The highest BCUT2D eigenvalue weighted by Crippen LogP contribution is 2.35. The second kappa shape index (κ2) is 17.3. The van der Waals surface area contributed by atoms with E-state index in [4.69, 9.17) is 9.72 Å². The highest BCUT2D eigenvalue weighted by atomic mass is 16.5. The topological polar surface area (TPSA) is 163 Å². The van der Waals surface area contributed by atoms with Crippen molar-refractivity contribution < 1.29 is 24.2 Å². The van der Waals surface area contributed by atoms with Gasteiger partial charge in [0.25, 0.3) is 0 Å². The van der Waals surface area contributed by atoms with E-state index in [-0.39, 0.29) is 23.9 Å². The lowest BCUT2D eigenvalue weighted by Crippen LogP contribution is -2.51. The summed E-state index contributed by atoms with van der Waals surface area (Å²) in [6.45, 7) is 8.85. The Labute approximate surface area is 333 Å². The van der Waals surface area contributed by atoms with Gasteiger partial charge >= 0.3 is 12.2 Å². The molecule has 3 aliphatic heterocycles. The summed E-state index contributed by atoms with van der Waals surface area (Å²) < 4.78 is 4.79. The number of likely N-dealkylation sites (N-methyl/N-ethyl adjacent to an activating group) is 1. The molecule has 2 aromatic heterocycles. The molecule has 0 radical (unpaired) electrons. The van der Waals surface area contributed by atoms with Crippen molar-refractivity contribution in [1.82, 2.24) is 40.0 Å². The van der Waals surface area contributed by atoms with E-state index in [1.165, 1.54) is 17.7 Å². The van der Waals surface area contributed by atoms with Crippen LogP contribution >= 0.6 is 0 Å². The summed E-state index contributed by atoms with van der Waals surface area (Å²) in [5.41, 5.74) is 6.23. The monoisotopic (exact) mass is 771 g/mol. The smallest absolute Gasteiger partial charge is 0.407 e.